The molecular formula is C10H16N2O3. The molecule has 0 aliphatic heterocycles. The first kappa shape index (κ1) is 11.7. The van der Waals surface area contributed by atoms with Crippen LogP contribution in [-0.4, -0.2) is 22.7 Å². The zero-order valence-corrected chi connectivity index (χ0v) is 9.15. The molecule has 0 atom stereocenters. The highest BCUT2D eigenvalue weighted by Gasteiger charge is 2.07. The van der Waals surface area contributed by atoms with Gasteiger partial charge < -0.3 is 9.26 Å². The third kappa shape index (κ3) is 4.58. The van der Waals surface area contributed by atoms with E-state index in [1.54, 1.807) is 6.92 Å². The van der Waals surface area contributed by atoms with Crippen LogP contribution in [0.2, 0.25) is 0 Å². The molecule has 0 unspecified atom stereocenters. The van der Waals surface area contributed by atoms with Crippen LogP contribution in [0.15, 0.2) is 4.52 Å². The topological polar surface area (TPSA) is 65.2 Å². The van der Waals surface area contributed by atoms with Crippen molar-refractivity contribution in [3.8, 4) is 0 Å². The highest BCUT2D eigenvalue weighted by molar-refractivity contribution is 5.69. The number of esters is 1. The molecule has 5 nitrogen and oxygen atoms in total. The van der Waals surface area contributed by atoms with E-state index >= 15 is 0 Å². The SMILES string of the molecule is CCCCOC(=O)CCc1nc(C)no1. The molecular weight excluding hydrogens is 196 g/mol. The molecule has 0 aliphatic rings. The van der Waals surface area contributed by atoms with Crippen molar-refractivity contribution in [3.05, 3.63) is 11.7 Å². The van der Waals surface area contributed by atoms with Crippen LogP contribution in [0.25, 0.3) is 0 Å². The van der Waals surface area contributed by atoms with E-state index in [1.165, 1.54) is 0 Å². The van der Waals surface area contributed by atoms with Crippen LogP contribution in [0.3, 0.4) is 0 Å². The maximum atomic E-state index is 11.2. The minimum atomic E-state index is -0.209. The van der Waals surface area contributed by atoms with Crippen molar-refractivity contribution >= 4 is 5.97 Å². The first-order valence-corrected chi connectivity index (χ1v) is 5.17. The zero-order chi connectivity index (χ0) is 11.1. The predicted molar refractivity (Wildman–Crippen MR) is 53.2 cm³/mol. The highest BCUT2D eigenvalue weighted by Crippen LogP contribution is 2.01. The molecule has 1 aromatic heterocycles. The second-order valence-corrected chi connectivity index (χ2v) is 3.31. The van der Waals surface area contributed by atoms with Gasteiger partial charge in [-0.1, -0.05) is 18.5 Å². The Morgan fingerprint density at radius 2 is 2.33 bits per heavy atom. The van der Waals surface area contributed by atoms with Crippen LogP contribution < -0.4 is 0 Å². The lowest BCUT2D eigenvalue weighted by Gasteiger charge is -2.01. The lowest BCUT2D eigenvalue weighted by molar-refractivity contribution is -0.143. The quantitative estimate of drug-likeness (QED) is 0.530. The Bertz CT molecular complexity index is 309. The number of nitrogens with zero attached hydrogens (tertiary/aromatic N) is 2. The molecule has 1 aromatic rings. The summed E-state index contributed by atoms with van der Waals surface area (Å²) in [5.74, 6) is 0.864. The van der Waals surface area contributed by atoms with Crippen molar-refractivity contribution in [2.24, 2.45) is 0 Å². The Kier molecular flexibility index (Phi) is 4.80. The molecule has 0 aromatic carbocycles. The Morgan fingerprint density at radius 3 is 2.93 bits per heavy atom. The molecule has 0 saturated heterocycles. The molecule has 15 heavy (non-hydrogen) atoms. The second kappa shape index (κ2) is 6.16. The second-order valence-electron chi connectivity index (χ2n) is 3.31. The predicted octanol–water partition coefficient (Wildman–Crippen LogP) is 1.65. The number of hydrogen-bond donors (Lipinski definition) is 0. The number of aryl methyl sites for hydroxylation is 2. The van der Waals surface area contributed by atoms with Gasteiger partial charge in [0.2, 0.25) is 5.89 Å². The van der Waals surface area contributed by atoms with E-state index < -0.39 is 0 Å². The van der Waals surface area contributed by atoms with Crippen LogP contribution in [0.1, 0.15) is 37.9 Å². The molecule has 1 rings (SSSR count). The molecule has 0 spiro atoms. The summed E-state index contributed by atoms with van der Waals surface area (Å²) in [5, 5.41) is 3.63. The molecule has 0 aliphatic carbocycles. The van der Waals surface area contributed by atoms with Gasteiger partial charge in [-0.2, -0.15) is 4.98 Å². The average molecular weight is 212 g/mol. The van der Waals surface area contributed by atoms with Gasteiger partial charge in [-0.15, -0.1) is 0 Å². The summed E-state index contributed by atoms with van der Waals surface area (Å²) in [4.78, 5) is 15.2. The van der Waals surface area contributed by atoms with E-state index in [-0.39, 0.29) is 5.97 Å². The van der Waals surface area contributed by atoms with E-state index in [1.807, 2.05) is 0 Å². The van der Waals surface area contributed by atoms with Crippen LogP contribution in [0.5, 0.6) is 0 Å². The lowest BCUT2D eigenvalue weighted by atomic mass is 10.3. The zero-order valence-electron chi connectivity index (χ0n) is 9.15. The molecule has 84 valence electrons. The minimum absolute atomic E-state index is 0.209. The summed E-state index contributed by atoms with van der Waals surface area (Å²) in [5.41, 5.74) is 0. The number of rotatable bonds is 6. The van der Waals surface area contributed by atoms with Crippen LogP contribution in [0.4, 0.5) is 0 Å². The first-order chi connectivity index (χ1) is 7.22. The van der Waals surface area contributed by atoms with Gasteiger partial charge in [-0.3, -0.25) is 4.79 Å². The molecule has 1 heterocycles. The Labute approximate surface area is 88.8 Å². The van der Waals surface area contributed by atoms with Crippen molar-refractivity contribution in [1.29, 1.82) is 0 Å². The number of carbonyl (C=O) groups excluding carboxylic acids is 1. The van der Waals surface area contributed by atoms with Crippen molar-refractivity contribution in [2.75, 3.05) is 6.61 Å². The van der Waals surface area contributed by atoms with Crippen molar-refractivity contribution < 1.29 is 14.1 Å². The normalized spacial score (nSPS) is 10.3. The van der Waals surface area contributed by atoms with Crippen LogP contribution in [0, 0.1) is 6.92 Å². The molecule has 0 N–H and O–H groups in total. The summed E-state index contributed by atoms with van der Waals surface area (Å²) in [6.07, 6.45) is 2.68. The summed E-state index contributed by atoms with van der Waals surface area (Å²) >= 11 is 0. The lowest BCUT2D eigenvalue weighted by Crippen LogP contribution is -2.07. The van der Waals surface area contributed by atoms with Gasteiger partial charge in [0, 0.05) is 6.42 Å². The first-order valence-electron chi connectivity index (χ1n) is 5.17. The van der Waals surface area contributed by atoms with Gasteiger partial charge in [0.1, 0.15) is 0 Å². The van der Waals surface area contributed by atoms with Crippen molar-refractivity contribution in [1.82, 2.24) is 10.1 Å². The number of carbonyl (C=O) groups is 1. The Balaban J connectivity index is 2.16. The van der Waals surface area contributed by atoms with E-state index in [9.17, 15) is 4.79 Å². The fraction of sp³-hybridized carbons (Fsp3) is 0.700. The molecule has 0 radical (unpaired) electrons. The molecule has 0 saturated carbocycles. The molecule has 0 bridgehead atoms. The van der Waals surface area contributed by atoms with E-state index in [2.05, 4.69) is 17.1 Å². The molecule has 0 amide bonds. The van der Waals surface area contributed by atoms with Crippen LogP contribution >= 0.6 is 0 Å². The van der Waals surface area contributed by atoms with Gasteiger partial charge in [0.25, 0.3) is 0 Å². The number of unbranched alkanes of at least 4 members (excludes halogenated alkanes) is 1. The standard InChI is InChI=1S/C10H16N2O3/c1-3-4-7-14-10(13)6-5-9-11-8(2)12-15-9/h3-7H2,1-2H3. The molecule has 5 heteroatoms. The van der Waals surface area contributed by atoms with Gasteiger partial charge in [0.05, 0.1) is 13.0 Å². The summed E-state index contributed by atoms with van der Waals surface area (Å²) in [7, 11) is 0. The molecule has 0 fully saturated rings. The van der Waals surface area contributed by atoms with Gasteiger partial charge in [0.15, 0.2) is 5.82 Å². The van der Waals surface area contributed by atoms with E-state index in [4.69, 9.17) is 9.26 Å². The number of ether oxygens (including phenoxy) is 1. The fourth-order valence-corrected chi connectivity index (χ4v) is 1.05. The maximum Gasteiger partial charge on any atom is 0.306 e. The largest absolute Gasteiger partial charge is 0.466 e. The number of aromatic nitrogens is 2. The van der Waals surface area contributed by atoms with E-state index in [0.29, 0.717) is 31.2 Å². The third-order valence-corrected chi connectivity index (χ3v) is 1.87. The monoisotopic (exact) mass is 212 g/mol. The minimum Gasteiger partial charge on any atom is -0.466 e. The summed E-state index contributed by atoms with van der Waals surface area (Å²) in [6.45, 7) is 4.29. The average Bonchev–Trinajstić information content (AvgIpc) is 2.62. The Hall–Kier alpha value is -1.39. The van der Waals surface area contributed by atoms with Gasteiger partial charge in [-0.25, -0.2) is 0 Å². The highest BCUT2D eigenvalue weighted by atomic mass is 16.5. The van der Waals surface area contributed by atoms with Gasteiger partial charge >= 0.3 is 5.97 Å². The van der Waals surface area contributed by atoms with Crippen molar-refractivity contribution in [3.63, 3.8) is 0 Å². The maximum absolute atomic E-state index is 11.2. The van der Waals surface area contributed by atoms with Crippen molar-refractivity contribution in [2.45, 2.75) is 39.5 Å². The fourth-order valence-electron chi connectivity index (χ4n) is 1.05. The number of hydrogen-bond acceptors (Lipinski definition) is 5. The Morgan fingerprint density at radius 1 is 1.53 bits per heavy atom. The van der Waals surface area contributed by atoms with Crippen LogP contribution in [-0.2, 0) is 16.0 Å². The third-order valence-electron chi connectivity index (χ3n) is 1.87. The van der Waals surface area contributed by atoms with Gasteiger partial charge in [-0.05, 0) is 13.3 Å². The summed E-state index contributed by atoms with van der Waals surface area (Å²) in [6, 6.07) is 0. The summed E-state index contributed by atoms with van der Waals surface area (Å²) < 4.78 is 9.85. The van der Waals surface area contributed by atoms with E-state index in [0.717, 1.165) is 12.8 Å². The smallest absolute Gasteiger partial charge is 0.306 e.